The van der Waals surface area contributed by atoms with Gasteiger partial charge in [-0.2, -0.15) is 0 Å². The molecule has 158 valence electrons. The number of hydrogen-bond donors (Lipinski definition) is 0. The molecule has 0 radical (unpaired) electrons. The van der Waals surface area contributed by atoms with E-state index in [1.807, 2.05) is 31.2 Å². The molecule has 0 saturated carbocycles. The van der Waals surface area contributed by atoms with Gasteiger partial charge in [0, 0.05) is 18.2 Å². The molecule has 0 unspecified atom stereocenters. The Labute approximate surface area is 179 Å². The summed E-state index contributed by atoms with van der Waals surface area (Å²) in [5.41, 5.74) is 3.43. The Morgan fingerprint density at radius 2 is 1.77 bits per heavy atom. The van der Waals surface area contributed by atoms with Gasteiger partial charge in [-0.05, 0) is 41.8 Å². The van der Waals surface area contributed by atoms with Crippen LogP contribution in [0.1, 0.15) is 27.0 Å². The molecule has 3 aromatic rings. The Bertz CT molecular complexity index is 1120. The van der Waals surface area contributed by atoms with E-state index >= 15 is 0 Å². The standard InChI is InChI=1S/C25H22FNO4/c1-16-11-21(24(29)30-2)23(27-13-16)18-5-7-19(8-6-18)25(14-31-15-25)22(28)12-17-3-9-20(26)10-4-17/h3-11,13H,12,14-15H2,1-2H3. The van der Waals surface area contributed by atoms with Crippen LogP contribution in [0.4, 0.5) is 4.39 Å². The smallest absolute Gasteiger partial charge is 0.340 e. The zero-order chi connectivity index (χ0) is 22.0. The molecule has 0 spiro atoms. The number of hydrogen-bond acceptors (Lipinski definition) is 5. The van der Waals surface area contributed by atoms with Gasteiger partial charge < -0.3 is 9.47 Å². The molecule has 2 aromatic carbocycles. The SMILES string of the molecule is COC(=O)c1cc(C)cnc1-c1ccc(C2(C(=O)Cc3ccc(F)cc3)COC2)cc1. The summed E-state index contributed by atoms with van der Waals surface area (Å²) >= 11 is 0. The first-order valence-corrected chi connectivity index (χ1v) is 9.94. The highest BCUT2D eigenvalue weighted by molar-refractivity contribution is 5.96. The van der Waals surface area contributed by atoms with Crippen molar-refractivity contribution in [3.63, 3.8) is 0 Å². The third kappa shape index (κ3) is 3.99. The number of aromatic nitrogens is 1. The number of methoxy groups -OCH3 is 1. The first kappa shape index (κ1) is 20.9. The van der Waals surface area contributed by atoms with Crippen LogP contribution < -0.4 is 0 Å². The largest absolute Gasteiger partial charge is 0.465 e. The van der Waals surface area contributed by atoms with Gasteiger partial charge in [0.25, 0.3) is 0 Å². The van der Waals surface area contributed by atoms with Gasteiger partial charge in [-0.25, -0.2) is 9.18 Å². The molecule has 0 atom stereocenters. The molecule has 4 rings (SSSR count). The van der Waals surface area contributed by atoms with Gasteiger partial charge in [0.1, 0.15) is 11.2 Å². The number of ketones is 1. The van der Waals surface area contributed by atoms with Crippen LogP contribution in [0.25, 0.3) is 11.3 Å². The Morgan fingerprint density at radius 1 is 1.10 bits per heavy atom. The van der Waals surface area contributed by atoms with Crippen molar-refractivity contribution in [1.82, 2.24) is 4.98 Å². The van der Waals surface area contributed by atoms with Crippen LogP contribution in [0.5, 0.6) is 0 Å². The van der Waals surface area contributed by atoms with Crippen LogP contribution in [0, 0.1) is 12.7 Å². The second-order valence-corrected chi connectivity index (χ2v) is 7.78. The first-order valence-electron chi connectivity index (χ1n) is 9.94. The maximum atomic E-state index is 13.2. The number of Topliss-reactive ketones (excluding diaryl/α,β-unsaturated/α-hetero) is 1. The lowest BCUT2D eigenvalue weighted by Gasteiger charge is -2.40. The zero-order valence-corrected chi connectivity index (χ0v) is 17.4. The molecular formula is C25H22FNO4. The highest BCUT2D eigenvalue weighted by Gasteiger charge is 2.46. The van der Waals surface area contributed by atoms with Crippen molar-refractivity contribution in [2.75, 3.05) is 20.3 Å². The highest BCUT2D eigenvalue weighted by atomic mass is 19.1. The number of halogens is 1. The fourth-order valence-electron chi connectivity index (χ4n) is 3.76. The van der Waals surface area contributed by atoms with Gasteiger partial charge in [0.15, 0.2) is 5.78 Å². The Hall–Kier alpha value is -3.38. The number of pyridine rings is 1. The maximum Gasteiger partial charge on any atom is 0.340 e. The van der Waals surface area contributed by atoms with E-state index in [9.17, 15) is 14.0 Å². The summed E-state index contributed by atoms with van der Waals surface area (Å²) in [7, 11) is 1.34. The predicted octanol–water partition coefficient (Wildman–Crippen LogP) is 4.06. The van der Waals surface area contributed by atoms with Crippen molar-refractivity contribution >= 4 is 11.8 Å². The Kier molecular flexibility index (Phi) is 5.65. The minimum Gasteiger partial charge on any atom is -0.465 e. The number of aryl methyl sites for hydroxylation is 1. The molecule has 1 aromatic heterocycles. The Balaban J connectivity index is 1.62. The summed E-state index contributed by atoms with van der Waals surface area (Å²) in [6.45, 7) is 2.48. The number of benzene rings is 2. The van der Waals surface area contributed by atoms with Gasteiger partial charge in [-0.1, -0.05) is 36.4 Å². The molecule has 5 nitrogen and oxygen atoms in total. The first-order chi connectivity index (χ1) is 14.9. The summed E-state index contributed by atoms with van der Waals surface area (Å²) in [5.74, 6) is -0.750. The third-order valence-electron chi connectivity index (χ3n) is 5.65. The van der Waals surface area contributed by atoms with Gasteiger partial charge in [-0.15, -0.1) is 0 Å². The zero-order valence-electron chi connectivity index (χ0n) is 17.4. The predicted molar refractivity (Wildman–Crippen MR) is 113 cm³/mol. The molecule has 2 heterocycles. The van der Waals surface area contributed by atoms with Gasteiger partial charge in [0.05, 0.1) is 31.6 Å². The Morgan fingerprint density at radius 3 is 2.35 bits per heavy atom. The number of nitrogens with zero attached hydrogens (tertiary/aromatic N) is 1. The lowest BCUT2D eigenvalue weighted by Crippen LogP contribution is -2.53. The molecule has 1 saturated heterocycles. The monoisotopic (exact) mass is 419 g/mol. The van der Waals surface area contributed by atoms with E-state index in [4.69, 9.17) is 9.47 Å². The number of carbonyl (C=O) groups is 2. The lowest BCUT2D eigenvalue weighted by molar-refractivity contribution is -0.142. The van der Waals surface area contributed by atoms with Gasteiger partial charge in [-0.3, -0.25) is 9.78 Å². The van der Waals surface area contributed by atoms with Crippen molar-refractivity contribution in [2.45, 2.75) is 18.8 Å². The molecule has 1 aliphatic rings. The number of ether oxygens (including phenoxy) is 2. The number of esters is 1. The molecular weight excluding hydrogens is 397 g/mol. The van der Waals surface area contributed by atoms with Crippen LogP contribution in [0.3, 0.4) is 0 Å². The molecule has 31 heavy (non-hydrogen) atoms. The number of rotatable bonds is 6. The number of carbonyl (C=O) groups excluding carboxylic acids is 2. The lowest BCUT2D eigenvalue weighted by atomic mass is 9.73. The van der Waals surface area contributed by atoms with Crippen molar-refractivity contribution in [3.8, 4) is 11.3 Å². The fraction of sp³-hybridized carbons (Fsp3) is 0.240. The average molecular weight is 419 g/mol. The van der Waals surface area contributed by atoms with E-state index in [2.05, 4.69) is 4.98 Å². The maximum absolute atomic E-state index is 13.2. The average Bonchev–Trinajstić information content (AvgIpc) is 2.74. The molecule has 6 heteroatoms. The molecule has 0 aliphatic carbocycles. The summed E-state index contributed by atoms with van der Waals surface area (Å²) in [4.78, 5) is 29.7. The van der Waals surface area contributed by atoms with Gasteiger partial charge >= 0.3 is 5.97 Å². The summed E-state index contributed by atoms with van der Waals surface area (Å²) in [6.07, 6.45) is 1.90. The topological polar surface area (TPSA) is 65.5 Å². The summed E-state index contributed by atoms with van der Waals surface area (Å²) < 4.78 is 23.5. The van der Waals surface area contributed by atoms with Gasteiger partial charge in [0.2, 0.25) is 0 Å². The van der Waals surface area contributed by atoms with Crippen molar-refractivity contribution in [2.24, 2.45) is 0 Å². The minimum atomic E-state index is -0.723. The van der Waals surface area contributed by atoms with Crippen molar-refractivity contribution < 1.29 is 23.5 Å². The molecule has 1 aliphatic heterocycles. The van der Waals surface area contributed by atoms with Crippen molar-refractivity contribution in [1.29, 1.82) is 0 Å². The van der Waals surface area contributed by atoms with E-state index in [-0.39, 0.29) is 18.0 Å². The quantitative estimate of drug-likeness (QED) is 0.564. The molecule has 1 fully saturated rings. The van der Waals surface area contributed by atoms with E-state index in [1.165, 1.54) is 19.2 Å². The van der Waals surface area contributed by atoms with E-state index in [1.54, 1.807) is 24.4 Å². The van der Waals surface area contributed by atoms with Crippen LogP contribution in [0.15, 0.2) is 60.8 Å². The molecule has 0 N–H and O–H groups in total. The van der Waals surface area contributed by atoms with Crippen LogP contribution >= 0.6 is 0 Å². The second-order valence-electron chi connectivity index (χ2n) is 7.78. The molecule has 0 amide bonds. The van der Waals surface area contributed by atoms with Crippen LogP contribution in [-0.4, -0.2) is 37.1 Å². The molecule has 0 bridgehead atoms. The van der Waals surface area contributed by atoms with Crippen LogP contribution in [-0.2, 0) is 26.1 Å². The second kappa shape index (κ2) is 8.40. The minimum absolute atomic E-state index is 0.0295. The normalized spacial score (nSPS) is 14.5. The third-order valence-corrected chi connectivity index (χ3v) is 5.65. The summed E-state index contributed by atoms with van der Waals surface area (Å²) in [5, 5.41) is 0. The highest BCUT2D eigenvalue weighted by Crippen LogP contribution is 2.36. The summed E-state index contributed by atoms with van der Waals surface area (Å²) in [6, 6.07) is 15.2. The van der Waals surface area contributed by atoms with E-state index in [0.29, 0.717) is 24.5 Å². The van der Waals surface area contributed by atoms with Crippen molar-refractivity contribution in [3.05, 3.63) is 88.9 Å². The van der Waals surface area contributed by atoms with E-state index in [0.717, 1.165) is 22.3 Å². The van der Waals surface area contributed by atoms with E-state index < -0.39 is 11.4 Å². The van der Waals surface area contributed by atoms with Crippen LogP contribution in [0.2, 0.25) is 0 Å². The fourth-order valence-corrected chi connectivity index (χ4v) is 3.76.